The molecule has 102 valence electrons. The minimum atomic E-state index is -0.445. The maximum Gasteiger partial charge on any atom is 0.324 e. The highest BCUT2D eigenvalue weighted by Gasteiger charge is 2.15. The van der Waals surface area contributed by atoms with Gasteiger partial charge >= 0.3 is 5.00 Å². The van der Waals surface area contributed by atoms with Gasteiger partial charge in [-0.25, -0.2) is 0 Å². The van der Waals surface area contributed by atoms with Gasteiger partial charge in [-0.05, 0) is 25.0 Å². The molecule has 1 aromatic rings. The third-order valence-corrected chi connectivity index (χ3v) is 3.72. The largest absolute Gasteiger partial charge is 0.376 e. The fourth-order valence-corrected chi connectivity index (χ4v) is 2.49. The molecule has 1 aliphatic rings. The van der Waals surface area contributed by atoms with Crippen LogP contribution in [0.3, 0.4) is 0 Å². The number of nitro groups is 1. The van der Waals surface area contributed by atoms with Gasteiger partial charge in [0.25, 0.3) is 0 Å². The predicted molar refractivity (Wildman–Crippen MR) is 72.0 cm³/mol. The van der Waals surface area contributed by atoms with Crippen molar-refractivity contribution in [3.8, 4) is 0 Å². The van der Waals surface area contributed by atoms with E-state index in [0.717, 1.165) is 30.8 Å². The lowest BCUT2D eigenvalue weighted by Gasteiger charge is -2.08. The summed E-state index contributed by atoms with van der Waals surface area (Å²) in [5.41, 5.74) is 0. The molecule has 7 heteroatoms. The molecule has 0 saturated carbocycles. The third kappa shape index (κ3) is 4.15. The summed E-state index contributed by atoms with van der Waals surface area (Å²) >= 11 is 1.04. The van der Waals surface area contributed by atoms with E-state index in [1.807, 2.05) is 0 Å². The Bertz CT molecular complexity index is 492. The molecule has 1 atom stereocenters. The maximum atomic E-state index is 11.5. The molecule has 19 heavy (non-hydrogen) atoms. The molecule has 0 aliphatic carbocycles. The van der Waals surface area contributed by atoms with E-state index < -0.39 is 4.92 Å². The van der Waals surface area contributed by atoms with Gasteiger partial charge in [0.05, 0.1) is 11.0 Å². The van der Waals surface area contributed by atoms with Gasteiger partial charge in [0, 0.05) is 30.2 Å². The van der Waals surface area contributed by atoms with Crippen LogP contribution in [0.4, 0.5) is 5.00 Å². The molecule has 0 radical (unpaired) electrons. The van der Waals surface area contributed by atoms with E-state index in [1.165, 1.54) is 12.1 Å². The van der Waals surface area contributed by atoms with Crippen LogP contribution in [0.1, 0.15) is 17.7 Å². The van der Waals surface area contributed by atoms with Crippen LogP contribution < -0.4 is 5.32 Å². The Kier molecular flexibility index (Phi) is 4.64. The summed E-state index contributed by atoms with van der Waals surface area (Å²) in [5.74, 6) is -0.216. The van der Waals surface area contributed by atoms with Crippen molar-refractivity contribution in [2.24, 2.45) is 0 Å². The Morgan fingerprint density at radius 3 is 3.11 bits per heavy atom. The first-order valence-corrected chi connectivity index (χ1v) is 6.78. The Labute approximate surface area is 114 Å². The second-order valence-electron chi connectivity index (χ2n) is 4.15. The third-order valence-electron chi connectivity index (χ3n) is 2.72. The van der Waals surface area contributed by atoms with E-state index in [2.05, 4.69) is 5.32 Å². The molecule has 2 rings (SSSR count). The predicted octanol–water partition coefficient (Wildman–Crippen LogP) is 1.96. The highest BCUT2D eigenvalue weighted by molar-refractivity contribution is 7.16. The summed E-state index contributed by atoms with van der Waals surface area (Å²) in [6.45, 7) is 1.27. The smallest absolute Gasteiger partial charge is 0.324 e. The number of ether oxygens (including phenoxy) is 1. The van der Waals surface area contributed by atoms with Crippen LogP contribution in [0.5, 0.6) is 0 Å². The van der Waals surface area contributed by atoms with Gasteiger partial charge < -0.3 is 10.1 Å². The molecule has 1 fully saturated rings. The van der Waals surface area contributed by atoms with Gasteiger partial charge in [-0.3, -0.25) is 14.9 Å². The Morgan fingerprint density at radius 1 is 1.63 bits per heavy atom. The summed E-state index contributed by atoms with van der Waals surface area (Å²) in [6, 6.07) is 3.04. The standard InChI is InChI=1S/C12H14N2O4S/c15-11(13-8-9-2-1-7-18-9)5-3-10-4-6-12(19-10)14(16)17/h3-6,9H,1-2,7-8H2,(H,13,15)/b5-3+. The van der Waals surface area contributed by atoms with E-state index in [1.54, 1.807) is 12.1 Å². The van der Waals surface area contributed by atoms with Crippen molar-refractivity contribution in [2.45, 2.75) is 18.9 Å². The minimum Gasteiger partial charge on any atom is -0.376 e. The lowest BCUT2D eigenvalue weighted by atomic mass is 10.2. The van der Waals surface area contributed by atoms with Gasteiger partial charge in [-0.2, -0.15) is 0 Å². The van der Waals surface area contributed by atoms with Crippen LogP contribution in [0.2, 0.25) is 0 Å². The quantitative estimate of drug-likeness (QED) is 0.508. The summed E-state index contributed by atoms with van der Waals surface area (Å²) < 4.78 is 5.38. The van der Waals surface area contributed by atoms with Crippen LogP contribution in [-0.4, -0.2) is 30.1 Å². The maximum absolute atomic E-state index is 11.5. The van der Waals surface area contributed by atoms with Crippen molar-refractivity contribution in [2.75, 3.05) is 13.2 Å². The molecule has 1 aliphatic heterocycles. The Hall–Kier alpha value is -1.73. The molecule has 2 heterocycles. The first-order valence-electron chi connectivity index (χ1n) is 5.97. The van der Waals surface area contributed by atoms with Crippen molar-refractivity contribution < 1.29 is 14.5 Å². The lowest BCUT2D eigenvalue weighted by molar-refractivity contribution is -0.380. The molecule has 1 N–H and O–H groups in total. The summed E-state index contributed by atoms with van der Waals surface area (Å²) in [5, 5.41) is 13.3. The molecule has 6 nitrogen and oxygen atoms in total. The van der Waals surface area contributed by atoms with Crippen molar-refractivity contribution in [3.63, 3.8) is 0 Å². The molecule has 0 bridgehead atoms. The zero-order valence-corrected chi connectivity index (χ0v) is 11.0. The second kappa shape index (κ2) is 6.44. The fourth-order valence-electron chi connectivity index (χ4n) is 1.77. The number of amides is 1. The lowest BCUT2D eigenvalue weighted by Crippen LogP contribution is -2.30. The second-order valence-corrected chi connectivity index (χ2v) is 5.24. The van der Waals surface area contributed by atoms with Crippen LogP contribution in [0, 0.1) is 10.1 Å². The highest BCUT2D eigenvalue weighted by atomic mass is 32.1. The Balaban J connectivity index is 1.79. The van der Waals surface area contributed by atoms with Crippen LogP contribution >= 0.6 is 11.3 Å². The number of hydrogen-bond donors (Lipinski definition) is 1. The van der Waals surface area contributed by atoms with Crippen LogP contribution in [-0.2, 0) is 9.53 Å². The van der Waals surface area contributed by atoms with Crippen LogP contribution in [0.25, 0.3) is 6.08 Å². The molecule has 1 amide bonds. The van der Waals surface area contributed by atoms with E-state index in [0.29, 0.717) is 11.4 Å². The van der Waals surface area contributed by atoms with E-state index >= 15 is 0 Å². The average Bonchev–Trinajstić information content (AvgIpc) is 3.05. The van der Waals surface area contributed by atoms with Gasteiger partial charge in [-0.15, -0.1) is 0 Å². The zero-order valence-electron chi connectivity index (χ0n) is 10.2. The summed E-state index contributed by atoms with van der Waals surface area (Å²) in [4.78, 5) is 22.3. The number of nitrogens with zero attached hydrogens (tertiary/aromatic N) is 1. The van der Waals surface area contributed by atoms with Gasteiger partial charge in [0.1, 0.15) is 0 Å². The number of hydrogen-bond acceptors (Lipinski definition) is 5. The first-order chi connectivity index (χ1) is 9.15. The molecular formula is C12H14N2O4S. The molecule has 0 spiro atoms. The molecule has 1 unspecified atom stereocenters. The highest BCUT2D eigenvalue weighted by Crippen LogP contribution is 2.24. The number of carbonyl (C=O) groups excluding carboxylic acids is 1. The molecule has 1 aromatic heterocycles. The molecule has 1 saturated heterocycles. The number of carbonyl (C=O) groups is 1. The van der Waals surface area contributed by atoms with Crippen molar-refractivity contribution in [3.05, 3.63) is 33.2 Å². The summed E-state index contributed by atoms with van der Waals surface area (Å²) in [6.07, 6.45) is 5.07. The Morgan fingerprint density at radius 2 is 2.47 bits per heavy atom. The van der Waals surface area contributed by atoms with Gasteiger partial charge in [-0.1, -0.05) is 11.3 Å². The SMILES string of the molecule is O=C(/C=C/c1ccc([N+](=O)[O-])s1)NCC1CCCO1. The summed E-state index contributed by atoms with van der Waals surface area (Å²) in [7, 11) is 0. The van der Waals surface area contributed by atoms with Crippen LogP contribution in [0.15, 0.2) is 18.2 Å². The minimum absolute atomic E-state index is 0.0689. The van der Waals surface area contributed by atoms with E-state index in [-0.39, 0.29) is 17.0 Å². The molecular weight excluding hydrogens is 268 g/mol. The van der Waals surface area contributed by atoms with E-state index in [4.69, 9.17) is 4.74 Å². The first kappa shape index (κ1) is 13.7. The topological polar surface area (TPSA) is 81.5 Å². The number of thiophene rings is 1. The fraction of sp³-hybridized carbons (Fsp3) is 0.417. The number of nitrogens with one attached hydrogen (secondary N) is 1. The number of rotatable bonds is 5. The molecule has 0 aromatic carbocycles. The van der Waals surface area contributed by atoms with Gasteiger partial charge in [0.2, 0.25) is 5.91 Å². The van der Waals surface area contributed by atoms with Crippen molar-refractivity contribution in [1.82, 2.24) is 5.32 Å². The van der Waals surface area contributed by atoms with Crippen molar-refractivity contribution >= 4 is 28.3 Å². The van der Waals surface area contributed by atoms with Crippen molar-refractivity contribution in [1.29, 1.82) is 0 Å². The zero-order chi connectivity index (χ0) is 13.7. The normalized spacial score (nSPS) is 18.8. The van der Waals surface area contributed by atoms with E-state index in [9.17, 15) is 14.9 Å². The monoisotopic (exact) mass is 282 g/mol. The van der Waals surface area contributed by atoms with Gasteiger partial charge in [0.15, 0.2) is 0 Å². The average molecular weight is 282 g/mol.